The standard InChI is InChI=1S/C27H48NO2/c1-5-7-9-10-11-12-13-14-15-20-23-26(25-21-18-16-19-22-25)28(3,4)30-27(29)24-17-8-6-2/h16,18-19,21-22,26H,5-15,17,20,23-24H2,1-4H3/q+1. The fraction of sp³-hybridized carbons (Fsp3) is 0.741. The van der Waals surface area contributed by atoms with E-state index in [1.807, 2.05) is 14.1 Å². The summed E-state index contributed by atoms with van der Waals surface area (Å²) in [5.41, 5.74) is 1.26. The molecule has 1 unspecified atom stereocenters. The summed E-state index contributed by atoms with van der Waals surface area (Å²) < 4.78 is 0.284. The maximum atomic E-state index is 12.4. The summed E-state index contributed by atoms with van der Waals surface area (Å²) in [6.07, 6.45) is 18.1. The number of nitrogens with zero attached hydrogens (tertiary/aromatic N) is 1. The van der Waals surface area contributed by atoms with Crippen LogP contribution in [0.4, 0.5) is 0 Å². The fourth-order valence-electron chi connectivity index (χ4n) is 4.23. The number of carbonyl (C=O) groups excluding carboxylic acids is 1. The van der Waals surface area contributed by atoms with Crippen molar-refractivity contribution in [1.82, 2.24) is 0 Å². The molecule has 3 heteroatoms. The van der Waals surface area contributed by atoms with E-state index in [1.54, 1.807) is 0 Å². The van der Waals surface area contributed by atoms with Gasteiger partial charge >= 0.3 is 5.97 Å². The van der Waals surface area contributed by atoms with Crippen LogP contribution in [-0.4, -0.2) is 24.7 Å². The molecule has 0 aliphatic carbocycles. The van der Waals surface area contributed by atoms with Gasteiger partial charge < -0.3 is 0 Å². The normalized spacial score (nSPS) is 12.7. The summed E-state index contributed by atoms with van der Waals surface area (Å²) in [4.78, 5) is 18.3. The number of quaternary nitrogens is 1. The fourth-order valence-corrected chi connectivity index (χ4v) is 4.23. The molecule has 30 heavy (non-hydrogen) atoms. The number of hydrogen-bond acceptors (Lipinski definition) is 2. The molecule has 0 heterocycles. The number of hydroxylamine groups is 3. The first-order valence-corrected chi connectivity index (χ1v) is 12.6. The van der Waals surface area contributed by atoms with Gasteiger partial charge in [-0.3, -0.25) is 4.84 Å². The SMILES string of the molecule is CCCCCCCCCCCCC(c1ccccc1)[N+](C)(C)OC(=O)CCCCC. The molecular formula is C27H48NO2+. The van der Waals surface area contributed by atoms with E-state index in [0.29, 0.717) is 6.42 Å². The first kappa shape index (κ1) is 26.7. The van der Waals surface area contributed by atoms with Crippen LogP contribution in [0.3, 0.4) is 0 Å². The number of carbonyl (C=O) groups is 1. The minimum Gasteiger partial charge on any atom is -0.277 e. The third-order valence-corrected chi connectivity index (χ3v) is 6.09. The minimum atomic E-state index is -0.0718. The average Bonchev–Trinajstić information content (AvgIpc) is 2.72. The Morgan fingerprint density at radius 2 is 1.27 bits per heavy atom. The number of rotatable bonds is 18. The Hall–Kier alpha value is -1.35. The van der Waals surface area contributed by atoms with E-state index < -0.39 is 0 Å². The molecule has 0 N–H and O–H groups in total. The topological polar surface area (TPSA) is 26.3 Å². The summed E-state index contributed by atoms with van der Waals surface area (Å²) in [6.45, 7) is 4.43. The molecule has 0 aliphatic rings. The summed E-state index contributed by atoms with van der Waals surface area (Å²) >= 11 is 0. The van der Waals surface area contributed by atoms with Crippen molar-refractivity contribution in [3.8, 4) is 0 Å². The molecule has 1 aromatic rings. The maximum absolute atomic E-state index is 12.4. The molecule has 0 saturated heterocycles. The van der Waals surface area contributed by atoms with Crippen molar-refractivity contribution in [3.63, 3.8) is 0 Å². The zero-order valence-electron chi connectivity index (χ0n) is 20.3. The first-order chi connectivity index (χ1) is 14.5. The summed E-state index contributed by atoms with van der Waals surface area (Å²) in [5, 5.41) is 0. The summed E-state index contributed by atoms with van der Waals surface area (Å²) in [5.74, 6) is -0.0718. The molecule has 3 nitrogen and oxygen atoms in total. The van der Waals surface area contributed by atoms with Crippen LogP contribution >= 0.6 is 0 Å². The van der Waals surface area contributed by atoms with Crippen LogP contribution in [0.15, 0.2) is 30.3 Å². The third-order valence-electron chi connectivity index (χ3n) is 6.09. The highest BCUT2D eigenvalue weighted by molar-refractivity contribution is 5.68. The van der Waals surface area contributed by atoms with E-state index in [2.05, 4.69) is 44.2 Å². The average molecular weight is 419 g/mol. The van der Waals surface area contributed by atoms with E-state index in [4.69, 9.17) is 4.84 Å². The second-order valence-corrected chi connectivity index (χ2v) is 9.25. The largest absolute Gasteiger partial charge is 0.366 e. The minimum absolute atomic E-state index is 0.0718. The second kappa shape index (κ2) is 16.4. The zero-order valence-corrected chi connectivity index (χ0v) is 20.3. The highest BCUT2D eigenvalue weighted by atomic mass is 16.7. The van der Waals surface area contributed by atoms with Gasteiger partial charge in [0.15, 0.2) is 6.04 Å². The third kappa shape index (κ3) is 11.7. The molecule has 1 aromatic carbocycles. The van der Waals surface area contributed by atoms with Crippen molar-refractivity contribution in [1.29, 1.82) is 0 Å². The van der Waals surface area contributed by atoms with Crippen LogP contribution in [0.25, 0.3) is 0 Å². The summed E-state index contributed by atoms with van der Waals surface area (Å²) in [6, 6.07) is 10.8. The molecule has 172 valence electrons. The van der Waals surface area contributed by atoms with Crippen molar-refractivity contribution in [2.24, 2.45) is 0 Å². The summed E-state index contributed by atoms with van der Waals surface area (Å²) in [7, 11) is 4.07. The zero-order chi connectivity index (χ0) is 22.1. The lowest BCUT2D eigenvalue weighted by atomic mass is 9.98. The lowest BCUT2D eigenvalue weighted by molar-refractivity contribution is -1.08. The molecular weight excluding hydrogens is 370 g/mol. The molecule has 0 aliphatic heterocycles. The van der Waals surface area contributed by atoms with Gasteiger partial charge in [0, 0.05) is 12.0 Å². The van der Waals surface area contributed by atoms with Crippen LogP contribution in [0.2, 0.25) is 0 Å². The van der Waals surface area contributed by atoms with Gasteiger partial charge in [-0.2, -0.15) is 0 Å². The number of hydrogen-bond donors (Lipinski definition) is 0. The highest BCUT2D eigenvalue weighted by Gasteiger charge is 2.34. The van der Waals surface area contributed by atoms with Gasteiger partial charge in [0.05, 0.1) is 6.42 Å². The van der Waals surface area contributed by atoms with Crippen LogP contribution in [0.5, 0.6) is 0 Å². The van der Waals surface area contributed by atoms with E-state index in [1.165, 1.54) is 69.8 Å². The predicted octanol–water partition coefficient (Wildman–Crippen LogP) is 8.15. The van der Waals surface area contributed by atoms with Crippen molar-refractivity contribution in [2.75, 3.05) is 14.1 Å². The molecule has 0 saturated carbocycles. The Labute approximate surface area is 186 Å². The van der Waals surface area contributed by atoms with E-state index in [0.717, 1.165) is 25.7 Å². The Morgan fingerprint density at radius 3 is 1.83 bits per heavy atom. The monoisotopic (exact) mass is 418 g/mol. The smallest absolute Gasteiger partial charge is 0.277 e. The Morgan fingerprint density at radius 1 is 0.767 bits per heavy atom. The Balaban J connectivity index is 2.46. The number of unbranched alkanes of at least 4 members (excludes halogenated alkanes) is 11. The van der Waals surface area contributed by atoms with Gasteiger partial charge in [0.25, 0.3) is 0 Å². The number of benzene rings is 1. The van der Waals surface area contributed by atoms with Gasteiger partial charge in [0.2, 0.25) is 0 Å². The van der Waals surface area contributed by atoms with E-state index in [9.17, 15) is 4.79 Å². The first-order valence-electron chi connectivity index (χ1n) is 12.6. The molecule has 1 rings (SSSR count). The highest BCUT2D eigenvalue weighted by Crippen LogP contribution is 2.31. The maximum Gasteiger partial charge on any atom is 0.366 e. The Bertz CT molecular complexity index is 541. The van der Waals surface area contributed by atoms with Gasteiger partial charge in [-0.25, -0.2) is 4.79 Å². The van der Waals surface area contributed by atoms with Crippen LogP contribution in [0.1, 0.15) is 122 Å². The predicted molar refractivity (Wildman–Crippen MR) is 128 cm³/mol. The lowest BCUT2D eigenvalue weighted by Crippen LogP contribution is -2.45. The van der Waals surface area contributed by atoms with Crippen LogP contribution in [0, 0.1) is 0 Å². The molecule has 0 aromatic heterocycles. The molecule has 0 radical (unpaired) electrons. The van der Waals surface area contributed by atoms with Crippen LogP contribution in [-0.2, 0) is 9.63 Å². The van der Waals surface area contributed by atoms with E-state index >= 15 is 0 Å². The molecule has 0 amide bonds. The van der Waals surface area contributed by atoms with Crippen molar-refractivity contribution >= 4 is 5.97 Å². The molecule has 1 atom stereocenters. The molecule has 0 fully saturated rings. The van der Waals surface area contributed by atoms with Crippen molar-refractivity contribution < 1.29 is 14.3 Å². The quantitative estimate of drug-likeness (QED) is 0.136. The van der Waals surface area contributed by atoms with Crippen molar-refractivity contribution in [2.45, 2.75) is 116 Å². The second-order valence-electron chi connectivity index (χ2n) is 9.25. The van der Waals surface area contributed by atoms with Gasteiger partial charge in [-0.05, 0) is 12.8 Å². The van der Waals surface area contributed by atoms with Gasteiger partial charge in [0.1, 0.15) is 14.1 Å². The van der Waals surface area contributed by atoms with Crippen LogP contribution < -0.4 is 0 Å². The van der Waals surface area contributed by atoms with Gasteiger partial charge in [-0.15, -0.1) is 4.65 Å². The lowest BCUT2D eigenvalue weighted by Gasteiger charge is -2.34. The molecule has 0 bridgehead atoms. The molecule has 0 spiro atoms. The van der Waals surface area contributed by atoms with Crippen molar-refractivity contribution in [3.05, 3.63) is 35.9 Å². The Kier molecular flexibility index (Phi) is 14.5. The van der Waals surface area contributed by atoms with Gasteiger partial charge in [-0.1, -0.05) is 115 Å². The van der Waals surface area contributed by atoms with E-state index in [-0.39, 0.29) is 16.7 Å².